The lowest BCUT2D eigenvalue weighted by molar-refractivity contribution is -0.126. The van der Waals surface area contributed by atoms with Crippen LogP contribution in [0.3, 0.4) is 0 Å². The molecule has 0 saturated heterocycles. The van der Waals surface area contributed by atoms with Crippen molar-refractivity contribution < 1.29 is 31.9 Å². The molecule has 162 valence electrons. The molecule has 0 aliphatic carbocycles. The summed E-state index contributed by atoms with van der Waals surface area (Å²) in [6, 6.07) is 3.41. The monoisotopic (exact) mass is 436 g/mol. The fraction of sp³-hybridized carbons (Fsp3) is 0.400. The van der Waals surface area contributed by atoms with Crippen LogP contribution in [0.1, 0.15) is 23.4 Å². The van der Waals surface area contributed by atoms with Crippen LogP contribution >= 0.6 is 0 Å². The van der Waals surface area contributed by atoms with Gasteiger partial charge in [0.2, 0.25) is 11.7 Å². The number of aryl methyl sites for hydroxylation is 3. The first kappa shape index (κ1) is 23.1. The van der Waals surface area contributed by atoms with Gasteiger partial charge >= 0.3 is 0 Å². The summed E-state index contributed by atoms with van der Waals surface area (Å²) >= 11 is 0. The van der Waals surface area contributed by atoms with Gasteiger partial charge in [-0.15, -0.1) is 6.42 Å². The molecule has 2 aromatic rings. The average Bonchev–Trinajstić information content (AvgIpc) is 3.07. The molecule has 9 nitrogen and oxygen atoms in total. The third-order valence-electron chi connectivity index (χ3n) is 4.42. The van der Waals surface area contributed by atoms with Crippen LogP contribution in [0, 0.1) is 26.2 Å². The lowest BCUT2D eigenvalue weighted by Crippen LogP contribution is -2.37. The predicted molar refractivity (Wildman–Crippen MR) is 108 cm³/mol. The second-order valence-corrected chi connectivity index (χ2v) is 8.06. The van der Waals surface area contributed by atoms with E-state index in [-0.39, 0.29) is 29.2 Å². The molecular weight excluding hydrogens is 412 g/mol. The zero-order valence-electron chi connectivity index (χ0n) is 17.5. The summed E-state index contributed by atoms with van der Waals surface area (Å²) < 4.78 is 47.6. The van der Waals surface area contributed by atoms with Crippen molar-refractivity contribution in [2.45, 2.75) is 31.6 Å². The molecule has 0 saturated carbocycles. The number of terminal acetylenes is 1. The van der Waals surface area contributed by atoms with Gasteiger partial charge in [-0.05, 0) is 31.9 Å². The van der Waals surface area contributed by atoms with Gasteiger partial charge in [-0.2, -0.15) is 0 Å². The van der Waals surface area contributed by atoms with Gasteiger partial charge in [0, 0.05) is 6.42 Å². The second-order valence-electron chi connectivity index (χ2n) is 6.26. The van der Waals surface area contributed by atoms with E-state index in [1.165, 1.54) is 35.2 Å². The zero-order valence-corrected chi connectivity index (χ0v) is 18.3. The maximum atomic E-state index is 13.0. The number of carbonyl (C=O) groups is 1. The normalized spacial score (nSPS) is 10.9. The summed E-state index contributed by atoms with van der Waals surface area (Å²) in [5.41, 5.74) is 0.808. The maximum absolute atomic E-state index is 13.0. The van der Waals surface area contributed by atoms with E-state index in [1.54, 1.807) is 12.1 Å². The highest BCUT2D eigenvalue weighted by molar-refractivity contribution is 7.89. The van der Waals surface area contributed by atoms with Crippen LogP contribution in [-0.2, 0) is 21.2 Å². The minimum absolute atomic E-state index is 0.0869. The Morgan fingerprint density at radius 1 is 1.17 bits per heavy atom. The minimum atomic E-state index is -4.21. The number of rotatable bonds is 9. The van der Waals surface area contributed by atoms with Crippen molar-refractivity contribution in [2.75, 3.05) is 27.9 Å². The number of methoxy groups -OCH3 is 3. The molecule has 0 spiro atoms. The molecule has 1 aromatic carbocycles. The molecule has 0 bridgehead atoms. The van der Waals surface area contributed by atoms with E-state index in [1.807, 2.05) is 0 Å². The Morgan fingerprint density at radius 3 is 2.33 bits per heavy atom. The number of carbonyl (C=O) groups excluding carboxylic acids is 1. The number of benzene rings is 1. The van der Waals surface area contributed by atoms with E-state index in [0.29, 0.717) is 27.1 Å². The van der Waals surface area contributed by atoms with Crippen molar-refractivity contribution in [2.24, 2.45) is 0 Å². The van der Waals surface area contributed by atoms with E-state index in [4.69, 9.17) is 25.2 Å². The molecule has 0 fully saturated rings. The highest BCUT2D eigenvalue weighted by Crippen LogP contribution is 2.40. The van der Waals surface area contributed by atoms with E-state index in [2.05, 4.69) is 11.1 Å². The lowest BCUT2D eigenvalue weighted by Gasteiger charge is -2.21. The van der Waals surface area contributed by atoms with E-state index in [0.717, 1.165) is 0 Å². The highest BCUT2D eigenvalue weighted by Gasteiger charge is 2.34. The van der Waals surface area contributed by atoms with Gasteiger partial charge in [0.1, 0.15) is 5.69 Å². The average molecular weight is 436 g/mol. The molecule has 1 aromatic heterocycles. The van der Waals surface area contributed by atoms with Gasteiger partial charge in [-0.1, -0.05) is 17.1 Å². The van der Waals surface area contributed by atoms with E-state index >= 15 is 0 Å². The Kier molecular flexibility index (Phi) is 7.34. The third kappa shape index (κ3) is 4.36. The van der Waals surface area contributed by atoms with Gasteiger partial charge in [-0.3, -0.25) is 4.79 Å². The largest absolute Gasteiger partial charge is 0.493 e. The summed E-state index contributed by atoms with van der Waals surface area (Å²) in [7, 11) is 0.223. The maximum Gasteiger partial charge on any atom is 0.272 e. The van der Waals surface area contributed by atoms with Crippen molar-refractivity contribution in [1.29, 1.82) is 0 Å². The number of sulfonamides is 1. The van der Waals surface area contributed by atoms with Crippen molar-refractivity contribution in [3.63, 3.8) is 0 Å². The Morgan fingerprint density at radius 2 is 1.83 bits per heavy atom. The lowest BCUT2D eigenvalue weighted by atomic mass is 10.1. The zero-order chi connectivity index (χ0) is 22.5. The first-order valence-corrected chi connectivity index (χ1v) is 10.4. The summed E-state index contributed by atoms with van der Waals surface area (Å²) in [5.74, 6) is 2.91. The minimum Gasteiger partial charge on any atom is -0.493 e. The van der Waals surface area contributed by atoms with Crippen LogP contribution in [0.25, 0.3) is 0 Å². The number of hydrogen-bond acceptors (Lipinski definition) is 8. The molecule has 10 heteroatoms. The summed E-state index contributed by atoms with van der Waals surface area (Å²) in [4.78, 5) is 12.7. The van der Waals surface area contributed by atoms with Crippen molar-refractivity contribution in [3.05, 3.63) is 29.2 Å². The predicted octanol–water partition coefficient (Wildman–Crippen LogP) is 2.10. The molecule has 0 aliphatic rings. The smallest absolute Gasteiger partial charge is 0.272 e. The fourth-order valence-corrected chi connectivity index (χ4v) is 4.70. The SMILES string of the molecule is C#CCN(C(=O)CCc1ccc(OC)c(OC)c1OC)S(=O)(=O)c1c(C)noc1C. The molecule has 0 unspecified atom stereocenters. The van der Waals surface area contributed by atoms with Crippen LogP contribution in [-0.4, -0.2) is 51.7 Å². The number of aromatic nitrogens is 1. The Labute approximate surface area is 175 Å². The number of nitrogens with zero attached hydrogens (tertiary/aromatic N) is 2. The topological polar surface area (TPSA) is 108 Å². The Balaban J connectivity index is 2.32. The summed E-state index contributed by atoms with van der Waals surface area (Å²) in [5, 5.41) is 3.65. The summed E-state index contributed by atoms with van der Waals surface area (Å²) in [6.07, 6.45) is 5.38. The molecule has 30 heavy (non-hydrogen) atoms. The van der Waals surface area contributed by atoms with Gasteiger partial charge in [0.15, 0.2) is 22.2 Å². The number of amides is 1. The Bertz CT molecular complexity index is 1050. The highest BCUT2D eigenvalue weighted by atomic mass is 32.2. The standard InChI is InChI=1S/C20H24N2O7S/c1-7-12-22(30(24,25)20-13(2)21-29-14(20)3)17(23)11-9-15-8-10-16(26-4)19(28-6)18(15)27-5/h1,8,10H,9,11-12H2,2-6H3. The van der Waals surface area contributed by atoms with Crippen LogP contribution in [0.2, 0.25) is 0 Å². The van der Waals surface area contributed by atoms with Crippen molar-refractivity contribution >= 4 is 15.9 Å². The Hall–Kier alpha value is -3.19. The van der Waals surface area contributed by atoms with Crippen molar-refractivity contribution in [3.8, 4) is 29.6 Å². The van der Waals surface area contributed by atoms with Crippen LogP contribution < -0.4 is 14.2 Å². The molecule has 2 rings (SSSR count). The summed E-state index contributed by atoms with van der Waals surface area (Å²) in [6.45, 7) is 2.53. The van der Waals surface area contributed by atoms with Gasteiger partial charge < -0.3 is 18.7 Å². The van der Waals surface area contributed by atoms with Crippen LogP contribution in [0.15, 0.2) is 21.6 Å². The molecule has 0 radical (unpaired) electrons. The molecule has 1 amide bonds. The molecule has 1 heterocycles. The van der Waals surface area contributed by atoms with E-state index in [9.17, 15) is 13.2 Å². The quantitative estimate of drug-likeness (QED) is 0.550. The van der Waals surface area contributed by atoms with Crippen LogP contribution in [0.5, 0.6) is 17.2 Å². The second kappa shape index (κ2) is 9.54. The molecule has 0 aliphatic heterocycles. The third-order valence-corrected chi connectivity index (χ3v) is 6.43. The van der Waals surface area contributed by atoms with Crippen molar-refractivity contribution in [1.82, 2.24) is 9.46 Å². The van der Waals surface area contributed by atoms with Gasteiger partial charge in [0.25, 0.3) is 10.0 Å². The molecule has 0 N–H and O–H groups in total. The first-order chi connectivity index (χ1) is 14.2. The molecular formula is C20H24N2O7S. The number of hydrogen-bond donors (Lipinski definition) is 0. The van der Waals surface area contributed by atoms with E-state index < -0.39 is 22.5 Å². The number of ether oxygens (including phenoxy) is 3. The fourth-order valence-electron chi connectivity index (χ4n) is 3.07. The molecule has 0 atom stereocenters. The van der Waals surface area contributed by atoms with Gasteiger partial charge in [0.05, 0.1) is 27.9 Å². The van der Waals surface area contributed by atoms with Crippen LogP contribution in [0.4, 0.5) is 0 Å². The van der Waals surface area contributed by atoms with Gasteiger partial charge in [-0.25, -0.2) is 12.7 Å². The first-order valence-electron chi connectivity index (χ1n) is 8.92.